The molecule has 0 radical (unpaired) electrons. The zero-order valence-corrected chi connectivity index (χ0v) is 11.2. The van der Waals surface area contributed by atoms with Gasteiger partial charge in [-0.05, 0) is 24.5 Å². The summed E-state index contributed by atoms with van der Waals surface area (Å²) >= 11 is 0. The Morgan fingerprint density at radius 2 is 1.72 bits per heavy atom. The highest BCUT2D eigenvalue weighted by atomic mass is 16.5. The number of hydrogen-bond acceptors (Lipinski definition) is 4. The van der Waals surface area contributed by atoms with Crippen LogP contribution in [0.1, 0.15) is 20.8 Å². The van der Waals surface area contributed by atoms with E-state index >= 15 is 0 Å². The van der Waals surface area contributed by atoms with E-state index in [0.717, 1.165) is 0 Å². The van der Waals surface area contributed by atoms with Crippen LogP contribution in [0, 0.1) is 5.41 Å². The van der Waals surface area contributed by atoms with Crippen molar-refractivity contribution in [3.63, 3.8) is 0 Å². The molecule has 0 fully saturated rings. The van der Waals surface area contributed by atoms with Gasteiger partial charge in [0, 0.05) is 12.0 Å². The molecule has 0 saturated carbocycles. The van der Waals surface area contributed by atoms with E-state index in [1.165, 1.54) is 0 Å². The first-order chi connectivity index (χ1) is 8.44. The van der Waals surface area contributed by atoms with Crippen molar-refractivity contribution in [2.75, 3.05) is 19.8 Å². The van der Waals surface area contributed by atoms with Crippen LogP contribution in [-0.2, 0) is 4.74 Å². The van der Waals surface area contributed by atoms with Crippen LogP contribution in [0.3, 0.4) is 0 Å². The number of ether oxygens (including phenoxy) is 2. The van der Waals surface area contributed by atoms with Crippen molar-refractivity contribution in [2.24, 2.45) is 5.41 Å². The second-order valence-electron chi connectivity index (χ2n) is 5.03. The fourth-order valence-electron chi connectivity index (χ4n) is 1.43. The van der Waals surface area contributed by atoms with E-state index in [4.69, 9.17) is 19.5 Å². The number of rotatable bonds is 7. The van der Waals surface area contributed by atoms with Crippen molar-refractivity contribution < 1.29 is 19.5 Å². The summed E-state index contributed by atoms with van der Waals surface area (Å²) in [5.74, 6) is 0.712. The third-order valence-electron chi connectivity index (χ3n) is 2.50. The summed E-state index contributed by atoms with van der Waals surface area (Å²) in [5.41, 5.74) is 0.404. The molecule has 0 aromatic heterocycles. The Morgan fingerprint density at radius 1 is 1.11 bits per heavy atom. The first-order valence-electron chi connectivity index (χ1n) is 6.11. The van der Waals surface area contributed by atoms with Gasteiger partial charge in [0.05, 0.1) is 13.2 Å². The van der Waals surface area contributed by atoms with Gasteiger partial charge in [-0.3, -0.25) is 0 Å². The van der Waals surface area contributed by atoms with Gasteiger partial charge in [-0.25, -0.2) is 0 Å². The van der Waals surface area contributed by atoms with Crippen LogP contribution in [0.4, 0.5) is 0 Å². The lowest BCUT2D eigenvalue weighted by Crippen LogP contribution is -2.30. The molecule has 0 aliphatic rings. The lowest BCUT2D eigenvalue weighted by Gasteiger charge is -2.24. The summed E-state index contributed by atoms with van der Waals surface area (Å²) in [6.45, 7) is 8.02. The van der Waals surface area contributed by atoms with Crippen molar-refractivity contribution in [1.82, 2.24) is 0 Å². The summed E-state index contributed by atoms with van der Waals surface area (Å²) < 4.78 is 11.1. The predicted molar refractivity (Wildman–Crippen MR) is 72.0 cm³/mol. The van der Waals surface area contributed by atoms with Crippen LogP contribution in [-0.4, -0.2) is 37.0 Å². The molecular weight excluding hydrogens is 231 g/mol. The van der Waals surface area contributed by atoms with Crippen LogP contribution in [0.5, 0.6) is 5.75 Å². The van der Waals surface area contributed by atoms with Gasteiger partial charge in [0.2, 0.25) is 0 Å². The molecule has 18 heavy (non-hydrogen) atoms. The molecule has 0 saturated heterocycles. The van der Waals surface area contributed by atoms with Crippen molar-refractivity contribution >= 4 is 12.6 Å². The lowest BCUT2D eigenvalue weighted by molar-refractivity contribution is 0.0409. The molecule has 0 unspecified atom stereocenters. The van der Waals surface area contributed by atoms with Gasteiger partial charge in [-0.15, -0.1) is 0 Å². The Kier molecular flexibility index (Phi) is 5.66. The zero-order chi connectivity index (χ0) is 13.6. The normalized spacial score (nSPS) is 11.4. The van der Waals surface area contributed by atoms with E-state index in [2.05, 4.69) is 13.8 Å². The molecule has 1 aromatic rings. The molecule has 2 N–H and O–H groups in total. The Hall–Kier alpha value is -1.04. The van der Waals surface area contributed by atoms with Gasteiger partial charge in [0.1, 0.15) is 5.75 Å². The summed E-state index contributed by atoms with van der Waals surface area (Å²) in [5, 5.41) is 17.9. The summed E-state index contributed by atoms with van der Waals surface area (Å²) in [4.78, 5) is 0. The topological polar surface area (TPSA) is 58.9 Å². The quantitative estimate of drug-likeness (QED) is 0.705. The largest absolute Gasteiger partial charge is 0.493 e. The average Bonchev–Trinajstić information content (AvgIpc) is 2.35. The second kappa shape index (κ2) is 6.78. The summed E-state index contributed by atoms with van der Waals surface area (Å²) in [6.07, 6.45) is 0. The Labute approximate surface area is 109 Å². The molecule has 0 aliphatic carbocycles. The third-order valence-corrected chi connectivity index (χ3v) is 2.50. The van der Waals surface area contributed by atoms with Crippen LogP contribution in [0.2, 0.25) is 0 Å². The average molecular weight is 252 g/mol. The minimum Gasteiger partial charge on any atom is -0.493 e. The highest BCUT2D eigenvalue weighted by Crippen LogP contribution is 2.18. The molecule has 0 bridgehead atoms. The van der Waals surface area contributed by atoms with Crippen LogP contribution >= 0.6 is 0 Å². The summed E-state index contributed by atoms with van der Waals surface area (Å²) in [7, 11) is -1.44. The van der Waals surface area contributed by atoms with E-state index in [1.54, 1.807) is 24.3 Å². The molecule has 5 heteroatoms. The Balaban J connectivity index is 2.48. The molecule has 0 amide bonds. The molecule has 4 nitrogen and oxygen atoms in total. The van der Waals surface area contributed by atoms with Gasteiger partial charge < -0.3 is 19.5 Å². The van der Waals surface area contributed by atoms with Gasteiger partial charge >= 0.3 is 7.12 Å². The summed E-state index contributed by atoms with van der Waals surface area (Å²) in [6, 6.07) is 6.72. The smallest absolute Gasteiger partial charge is 0.488 e. The SMILES string of the molecule is CCOCC(C)(C)COc1ccc(B(O)O)cc1. The van der Waals surface area contributed by atoms with E-state index in [0.29, 0.717) is 31.0 Å². The fourth-order valence-corrected chi connectivity index (χ4v) is 1.43. The van der Waals surface area contributed by atoms with Crippen LogP contribution in [0.15, 0.2) is 24.3 Å². The maximum absolute atomic E-state index is 8.97. The van der Waals surface area contributed by atoms with Gasteiger partial charge in [-0.1, -0.05) is 26.0 Å². The molecule has 1 aromatic carbocycles. The molecular formula is C13H21BO4. The van der Waals surface area contributed by atoms with Crippen molar-refractivity contribution in [2.45, 2.75) is 20.8 Å². The van der Waals surface area contributed by atoms with Crippen LogP contribution in [0.25, 0.3) is 0 Å². The van der Waals surface area contributed by atoms with Crippen molar-refractivity contribution in [1.29, 1.82) is 0 Å². The fraction of sp³-hybridized carbons (Fsp3) is 0.538. The zero-order valence-electron chi connectivity index (χ0n) is 11.2. The molecule has 0 atom stereocenters. The minimum atomic E-state index is -1.44. The highest BCUT2D eigenvalue weighted by Gasteiger charge is 2.19. The molecule has 0 spiro atoms. The predicted octanol–water partition coefficient (Wildman–Crippen LogP) is 0.808. The minimum absolute atomic E-state index is 0.0504. The maximum atomic E-state index is 8.97. The molecule has 0 aliphatic heterocycles. The number of hydrogen-bond donors (Lipinski definition) is 2. The van der Waals surface area contributed by atoms with Crippen molar-refractivity contribution in [3.8, 4) is 5.75 Å². The first kappa shape index (κ1) is 15.0. The first-order valence-corrected chi connectivity index (χ1v) is 6.11. The second-order valence-corrected chi connectivity index (χ2v) is 5.03. The number of benzene rings is 1. The Morgan fingerprint density at radius 3 is 2.22 bits per heavy atom. The van der Waals surface area contributed by atoms with Gasteiger partial charge in [0.15, 0.2) is 0 Å². The van der Waals surface area contributed by atoms with Crippen LogP contribution < -0.4 is 10.2 Å². The van der Waals surface area contributed by atoms with E-state index < -0.39 is 7.12 Å². The third kappa shape index (κ3) is 5.08. The van der Waals surface area contributed by atoms with Gasteiger partial charge in [0.25, 0.3) is 0 Å². The molecule has 0 heterocycles. The Bertz CT molecular complexity index is 349. The van der Waals surface area contributed by atoms with Gasteiger partial charge in [-0.2, -0.15) is 0 Å². The maximum Gasteiger partial charge on any atom is 0.488 e. The molecule has 1 rings (SSSR count). The molecule has 100 valence electrons. The standard InChI is InChI=1S/C13H21BO4/c1-4-17-9-13(2,3)10-18-12-7-5-11(6-8-12)14(15)16/h5-8,15-16H,4,9-10H2,1-3H3. The van der Waals surface area contributed by atoms with E-state index in [9.17, 15) is 0 Å². The lowest BCUT2D eigenvalue weighted by atomic mass is 9.80. The van der Waals surface area contributed by atoms with E-state index in [-0.39, 0.29) is 5.41 Å². The van der Waals surface area contributed by atoms with Crippen molar-refractivity contribution in [3.05, 3.63) is 24.3 Å². The monoisotopic (exact) mass is 252 g/mol. The highest BCUT2D eigenvalue weighted by molar-refractivity contribution is 6.58. The van der Waals surface area contributed by atoms with E-state index in [1.807, 2.05) is 6.92 Å².